The number of nitro groups is 1. The molecule has 0 aliphatic heterocycles. The smallest absolute Gasteiger partial charge is 0.310 e. The van der Waals surface area contributed by atoms with Crippen LogP contribution in [0.2, 0.25) is 0 Å². The molecule has 0 fully saturated rings. The predicted octanol–water partition coefficient (Wildman–Crippen LogP) is 1.00. The van der Waals surface area contributed by atoms with Crippen molar-refractivity contribution in [2.24, 2.45) is 0 Å². The molecular weight excluding hydrogens is 392 g/mol. The molecule has 28 heavy (non-hydrogen) atoms. The number of hydrogen-bond donors (Lipinski definition) is 3. The number of nitro benzene ring substituents is 1. The van der Waals surface area contributed by atoms with E-state index >= 15 is 0 Å². The van der Waals surface area contributed by atoms with Gasteiger partial charge in [0.05, 0.1) is 9.82 Å². The Bertz CT molecular complexity index is 962. The molecule has 3 amide bonds. The van der Waals surface area contributed by atoms with Gasteiger partial charge >= 0.3 is 6.03 Å². The van der Waals surface area contributed by atoms with Gasteiger partial charge in [-0.3, -0.25) is 20.1 Å². The second-order valence-electron chi connectivity index (χ2n) is 5.54. The number of benzene rings is 2. The SMILES string of the molecule is O=C(CN(Cc1ccc([N+](=O)[O-])cc1)C(=O)NS(=O)(=O)c1ccccc1)NO. The summed E-state index contributed by atoms with van der Waals surface area (Å²) in [6.07, 6.45) is 0. The molecule has 12 heteroatoms. The quantitative estimate of drug-likeness (QED) is 0.350. The Kier molecular flexibility index (Phi) is 6.63. The summed E-state index contributed by atoms with van der Waals surface area (Å²) in [6, 6.07) is 11.2. The monoisotopic (exact) mass is 408 g/mol. The third-order valence-corrected chi connectivity index (χ3v) is 4.88. The number of nitrogens with zero attached hydrogens (tertiary/aromatic N) is 2. The second-order valence-corrected chi connectivity index (χ2v) is 7.22. The van der Waals surface area contributed by atoms with Gasteiger partial charge in [-0.15, -0.1) is 0 Å². The minimum atomic E-state index is -4.18. The van der Waals surface area contributed by atoms with E-state index in [9.17, 15) is 28.1 Å². The maximum atomic E-state index is 12.4. The van der Waals surface area contributed by atoms with Gasteiger partial charge in [0.25, 0.3) is 21.6 Å². The van der Waals surface area contributed by atoms with Gasteiger partial charge in [-0.05, 0) is 17.7 Å². The Morgan fingerprint density at radius 1 is 1.07 bits per heavy atom. The molecule has 0 saturated carbocycles. The number of carbonyl (C=O) groups excluding carboxylic acids is 2. The van der Waals surface area contributed by atoms with Crippen LogP contribution in [0, 0.1) is 10.1 Å². The van der Waals surface area contributed by atoms with Crippen LogP contribution in [-0.2, 0) is 21.4 Å². The van der Waals surface area contributed by atoms with Gasteiger partial charge in [-0.1, -0.05) is 30.3 Å². The van der Waals surface area contributed by atoms with Gasteiger partial charge in [0, 0.05) is 18.7 Å². The first-order valence-electron chi connectivity index (χ1n) is 7.76. The lowest BCUT2D eigenvalue weighted by Gasteiger charge is -2.22. The molecule has 0 aliphatic carbocycles. The number of hydrogen-bond acceptors (Lipinski definition) is 7. The van der Waals surface area contributed by atoms with E-state index in [1.807, 2.05) is 4.72 Å². The summed E-state index contributed by atoms with van der Waals surface area (Å²) in [6.45, 7) is -0.884. The van der Waals surface area contributed by atoms with E-state index in [0.717, 1.165) is 4.90 Å². The molecule has 148 valence electrons. The molecule has 2 aromatic carbocycles. The summed E-state index contributed by atoms with van der Waals surface area (Å²) in [5.41, 5.74) is 1.59. The molecule has 0 aromatic heterocycles. The number of nitrogens with one attached hydrogen (secondary N) is 2. The number of non-ortho nitro benzene ring substituents is 1. The van der Waals surface area contributed by atoms with Gasteiger partial charge in [-0.25, -0.2) is 23.4 Å². The molecule has 3 N–H and O–H groups in total. The fraction of sp³-hybridized carbons (Fsp3) is 0.125. The number of hydroxylamine groups is 1. The highest BCUT2D eigenvalue weighted by molar-refractivity contribution is 7.90. The lowest BCUT2D eigenvalue weighted by Crippen LogP contribution is -2.46. The Hall–Kier alpha value is -3.51. The molecule has 0 spiro atoms. The van der Waals surface area contributed by atoms with E-state index < -0.39 is 33.4 Å². The Morgan fingerprint density at radius 3 is 2.21 bits per heavy atom. The zero-order valence-corrected chi connectivity index (χ0v) is 15.1. The van der Waals surface area contributed by atoms with Crippen molar-refractivity contribution in [2.45, 2.75) is 11.4 Å². The highest BCUT2D eigenvalue weighted by Crippen LogP contribution is 2.14. The van der Waals surface area contributed by atoms with Gasteiger partial charge in [0.15, 0.2) is 0 Å². The van der Waals surface area contributed by atoms with E-state index in [-0.39, 0.29) is 17.1 Å². The summed E-state index contributed by atoms with van der Waals surface area (Å²) in [4.78, 5) is 34.7. The number of carbonyl (C=O) groups is 2. The largest absolute Gasteiger partial charge is 0.332 e. The minimum Gasteiger partial charge on any atom is -0.310 e. The summed E-state index contributed by atoms with van der Waals surface area (Å²) in [5.74, 6) is -0.950. The van der Waals surface area contributed by atoms with Crippen molar-refractivity contribution in [2.75, 3.05) is 6.54 Å². The summed E-state index contributed by atoms with van der Waals surface area (Å²) in [5, 5.41) is 19.4. The molecule has 2 rings (SSSR count). The Labute approximate surface area is 159 Å². The highest BCUT2D eigenvalue weighted by Gasteiger charge is 2.24. The van der Waals surface area contributed by atoms with Crippen LogP contribution in [0.25, 0.3) is 0 Å². The van der Waals surface area contributed by atoms with Crippen LogP contribution in [0.15, 0.2) is 59.5 Å². The Balaban J connectivity index is 2.20. The average molecular weight is 408 g/mol. The van der Waals surface area contributed by atoms with Crippen LogP contribution in [0.1, 0.15) is 5.56 Å². The lowest BCUT2D eigenvalue weighted by atomic mass is 10.2. The number of amides is 3. The first-order valence-corrected chi connectivity index (χ1v) is 9.24. The molecular formula is C16H16N4O7S. The van der Waals surface area contributed by atoms with Crippen molar-refractivity contribution in [3.63, 3.8) is 0 Å². The maximum Gasteiger partial charge on any atom is 0.332 e. The number of urea groups is 1. The molecule has 0 radical (unpaired) electrons. The molecule has 0 aliphatic rings. The fourth-order valence-corrected chi connectivity index (χ4v) is 3.18. The topological polar surface area (TPSA) is 159 Å². The zero-order valence-electron chi connectivity index (χ0n) is 14.3. The summed E-state index contributed by atoms with van der Waals surface area (Å²) < 4.78 is 26.4. The lowest BCUT2D eigenvalue weighted by molar-refractivity contribution is -0.384. The molecule has 2 aromatic rings. The Morgan fingerprint density at radius 2 is 1.68 bits per heavy atom. The van der Waals surface area contributed by atoms with E-state index in [2.05, 4.69) is 0 Å². The second kappa shape index (κ2) is 8.92. The third-order valence-electron chi connectivity index (χ3n) is 3.54. The van der Waals surface area contributed by atoms with Crippen molar-refractivity contribution >= 4 is 27.6 Å². The normalized spacial score (nSPS) is 10.8. The van der Waals surface area contributed by atoms with E-state index in [1.54, 1.807) is 6.07 Å². The molecule has 0 atom stereocenters. The minimum absolute atomic E-state index is 0.148. The fourth-order valence-electron chi connectivity index (χ4n) is 2.19. The van der Waals surface area contributed by atoms with E-state index in [0.29, 0.717) is 5.56 Å². The molecule has 11 nitrogen and oxygen atoms in total. The third kappa shape index (κ3) is 5.49. The number of rotatable bonds is 7. The number of sulfonamides is 1. The first-order chi connectivity index (χ1) is 13.2. The van der Waals surface area contributed by atoms with Gasteiger partial charge in [0.2, 0.25) is 0 Å². The molecule has 0 bridgehead atoms. The molecule has 0 saturated heterocycles. The highest BCUT2D eigenvalue weighted by atomic mass is 32.2. The van der Waals surface area contributed by atoms with E-state index in [1.165, 1.54) is 54.0 Å². The van der Waals surface area contributed by atoms with Crippen LogP contribution < -0.4 is 10.2 Å². The standard InChI is InChI=1S/C16H16N4O7S/c21-15(17-23)11-19(10-12-6-8-13(9-7-12)20(24)25)16(22)18-28(26,27)14-4-2-1-3-5-14/h1-9,23H,10-11H2,(H,17,21)(H,18,22). The molecule has 0 unspecified atom stereocenters. The van der Waals surface area contributed by atoms with Crippen LogP contribution in [0.3, 0.4) is 0 Å². The summed E-state index contributed by atoms with van der Waals surface area (Å²) in [7, 11) is -4.18. The van der Waals surface area contributed by atoms with Crippen LogP contribution in [-0.4, -0.2) is 41.9 Å². The average Bonchev–Trinajstić information content (AvgIpc) is 2.68. The van der Waals surface area contributed by atoms with Crippen molar-refractivity contribution in [3.05, 3.63) is 70.3 Å². The maximum absolute atomic E-state index is 12.4. The zero-order chi connectivity index (χ0) is 20.7. The van der Waals surface area contributed by atoms with Gasteiger partial charge < -0.3 is 4.90 Å². The van der Waals surface area contributed by atoms with Gasteiger partial charge in [0.1, 0.15) is 6.54 Å². The van der Waals surface area contributed by atoms with Crippen molar-refractivity contribution in [1.82, 2.24) is 15.1 Å². The van der Waals surface area contributed by atoms with Crippen molar-refractivity contribution in [1.29, 1.82) is 0 Å². The predicted molar refractivity (Wildman–Crippen MR) is 95.6 cm³/mol. The molecule has 0 heterocycles. The van der Waals surface area contributed by atoms with Crippen molar-refractivity contribution < 1.29 is 28.1 Å². The first kappa shape index (κ1) is 20.8. The van der Waals surface area contributed by atoms with Gasteiger partial charge in [-0.2, -0.15) is 0 Å². The van der Waals surface area contributed by atoms with Crippen molar-refractivity contribution in [3.8, 4) is 0 Å². The van der Waals surface area contributed by atoms with Crippen LogP contribution >= 0.6 is 0 Å². The van der Waals surface area contributed by atoms with Crippen LogP contribution in [0.5, 0.6) is 0 Å². The van der Waals surface area contributed by atoms with E-state index in [4.69, 9.17) is 5.21 Å². The summed E-state index contributed by atoms with van der Waals surface area (Å²) >= 11 is 0. The van der Waals surface area contributed by atoms with Crippen LogP contribution in [0.4, 0.5) is 10.5 Å².